The van der Waals surface area contributed by atoms with Crippen LogP contribution in [0.4, 0.5) is 5.69 Å². The summed E-state index contributed by atoms with van der Waals surface area (Å²) in [5.74, 6) is 0. The molecule has 0 saturated heterocycles. The topological polar surface area (TPSA) is 16.1 Å². The van der Waals surface area contributed by atoms with E-state index in [4.69, 9.17) is 11.6 Å². The summed E-state index contributed by atoms with van der Waals surface area (Å²) in [6.07, 6.45) is 4.75. The van der Waals surface area contributed by atoms with Crippen LogP contribution in [0.1, 0.15) is 11.1 Å². The van der Waals surface area contributed by atoms with Crippen molar-refractivity contribution in [2.45, 2.75) is 13.0 Å². The molecule has 2 aromatic rings. The lowest BCUT2D eigenvalue weighted by Crippen LogP contribution is -2.30. The first-order chi connectivity index (χ1) is 8.33. The number of benzene rings is 1. The van der Waals surface area contributed by atoms with Crippen LogP contribution in [0.15, 0.2) is 42.7 Å². The van der Waals surface area contributed by atoms with Crippen molar-refractivity contribution >= 4 is 17.3 Å². The standard InChI is InChI=1S/C14H13ClN2/c15-13-2-1-11-5-8-17(10-12(11)9-13)14-3-6-16-7-4-14/h1-4,6-7,9H,5,8,10H2. The minimum absolute atomic E-state index is 0.820. The summed E-state index contributed by atoms with van der Waals surface area (Å²) in [7, 11) is 0. The summed E-state index contributed by atoms with van der Waals surface area (Å²) >= 11 is 6.04. The molecule has 0 radical (unpaired) electrons. The predicted molar refractivity (Wildman–Crippen MR) is 70.4 cm³/mol. The fourth-order valence-electron chi connectivity index (χ4n) is 2.30. The summed E-state index contributed by atoms with van der Waals surface area (Å²) in [6.45, 7) is 1.98. The van der Waals surface area contributed by atoms with Crippen molar-refractivity contribution in [2.75, 3.05) is 11.4 Å². The number of pyridine rings is 1. The largest absolute Gasteiger partial charge is 0.367 e. The third-order valence-electron chi connectivity index (χ3n) is 3.21. The van der Waals surface area contributed by atoms with E-state index in [9.17, 15) is 0 Å². The Morgan fingerprint density at radius 1 is 1.06 bits per heavy atom. The molecule has 3 heteroatoms. The molecule has 0 amide bonds. The van der Waals surface area contributed by atoms with Gasteiger partial charge in [0.2, 0.25) is 0 Å². The summed E-state index contributed by atoms with van der Waals surface area (Å²) in [5.41, 5.74) is 3.98. The van der Waals surface area contributed by atoms with Gasteiger partial charge in [0.1, 0.15) is 0 Å². The molecule has 1 aromatic heterocycles. The highest BCUT2D eigenvalue weighted by Crippen LogP contribution is 2.25. The molecule has 0 saturated carbocycles. The van der Waals surface area contributed by atoms with Gasteiger partial charge in [0.15, 0.2) is 0 Å². The van der Waals surface area contributed by atoms with E-state index in [0.717, 1.165) is 24.5 Å². The summed E-state index contributed by atoms with van der Waals surface area (Å²) in [6, 6.07) is 10.3. The number of hydrogen-bond donors (Lipinski definition) is 0. The van der Waals surface area contributed by atoms with Crippen molar-refractivity contribution < 1.29 is 0 Å². The number of aromatic nitrogens is 1. The van der Waals surface area contributed by atoms with E-state index in [1.165, 1.54) is 16.8 Å². The average molecular weight is 245 g/mol. The molecular formula is C14H13ClN2. The van der Waals surface area contributed by atoms with Gasteiger partial charge in [-0.05, 0) is 41.8 Å². The minimum atomic E-state index is 0.820. The molecule has 86 valence electrons. The Morgan fingerprint density at radius 3 is 2.71 bits per heavy atom. The van der Waals surface area contributed by atoms with Crippen LogP contribution >= 0.6 is 11.6 Å². The Labute approximate surface area is 106 Å². The van der Waals surface area contributed by atoms with Crippen molar-refractivity contribution in [3.8, 4) is 0 Å². The maximum atomic E-state index is 6.04. The quantitative estimate of drug-likeness (QED) is 0.765. The van der Waals surface area contributed by atoms with Crippen LogP contribution in [0.3, 0.4) is 0 Å². The maximum absolute atomic E-state index is 6.04. The van der Waals surface area contributed by atoms with Crippen LogP contribution in [-0.4, -0.2) is 11.5 Å². The fourth-order valence-corrected chi connectivity index (χ4v) is 2.50. The van der Waals surface area contributed by atoms with Crippen LogP contribution in [0.2, 0.25) is 5.02 Å². The summed E-state index contributed by atoms with van der Waals surface area (Å²) in [5, 5.41) is 0.820. The van der Waals surface area contributed by atoms with Gasteiger partial charge in [-0.15, -0.1) is 0 Å². The van der Waals surface area contributed by atoms with Crippen molar-refractivity contribution in [1.29, 1.82) is 0 Å². The van der Waals surface area contributed by atoms with Crippen LogP contribution in [0.5, 0.6) is 0 Å². The number of anilines is 1. The van der Waals surface area contributed by atoms with E-state index in [-0.39, 0.29) is 0 Å². The molecule has 0 unspecified atom stereocenters. The monoisotopic (exact) mass is 244 g/mol. The zero-order valence-electron chi connectivity index (χ0n) is 9.44. The van der Waals surface area contributed by atoms with Crippen LogP contribution in [-0.2, 0) is 13.0 Å². The molecule has 1 aliphatic rings. The van der Waals surface area contributed by atoms with Gasteiger partial charge in [0.05, 0.1) is 0 Å². The second-order valence-corrected chi connectivity index (χ2v) is 4.73. The number of fused-ring (bicyclic) bond motifs is 1. The molecule has 1 aliphatic heterocycles. The highest BCUT2D eigenvalue weighted by molar-refractivity contribution is 6.30. The number of nitrogens with zero attached hydrogens (tertiary/aromatic N) is 2. The molecule has 3 rings (SSSR count). The van der Waals surface area contributed by atoms with E-state index in [1.54, 1.807) is 0 Å². The second-order valence-electron chi connectivity index (χ2n) is 4.29. The molecule has 0 fully saturated rings. The van der Waals surface area contributed by atoms with Gasteiger partial charge in [0, 0.05) is 36.2 Å². The van der Waals surface area contributed by atoms with Crippen molar-refractivity contribution in [1.82, 2.24) is 4.98 Å². The molecule has 1 aromatic carbocycles. The molecule has 0 aliphatic carbocycles. The normalized spacial score (nSPS) is 14.5. The average Bonchev–Trinajstić information content (AvgIpc) is 2.39. The Morgan fingerprint density at radius 2 is 1.88 bits per heavy atom. The zero-order chi connectivity index (χ0) is 11.7. The van der Waals surface area contributed by atoms with Gasteiger partial charge in [-0.3, -0.25) is 4.98 Å². The first-order valence-electron chi connectivity index (χ1n) is 5.75. The van der Waals surface area contributed by atoms with Gasteiger partial charge >= 0.3 is 0 Å². The van der Waals surface area contributed by atoms with Crippen LogP contribution < -0.4 is 4.90 Å². The number of halogens is 1. The van der Waals surface area contributed by atoms with Gasteiger partial charge < -0.3 is 4.90 Å². The lowest BCUT2D eigenvalue weighted by molar-refractivity contribution is 0.731. The Balaban J connectivity index is 1.90. The van der Waals surface area contributed by atoms with Gasteiger partial charge in [-0.2, -0.15) is 0 Å². The third kappa shape index (κ3) is 2.13. The maximum Gasteiger partial charge on any atom is 0.0432 e. The van der Waals surface area contributed by atoms with E-state index >= 15 is 0 Å². The highest BCUT2D eigenvalue weighted by atomic mass is 35.5. The first-order valence-corrected chi connectivity index (χ1v) is 6.13. The van der Waals surface area contributed by atoms with E-state index in [0.29, 0.717) is 0 Å². The van der Waals surface area contributed by atoms with Crippen molar-refractivity contribution in [2.24, 2.45) is 0 Å². The van der Waals surface area contributed by atoms with Crippen LogP contribution in [0.25, 0.3) is 0 Å². The Hall–Kier alpha value is -1.54. The van der Waals surface area contributed by atoms with Crippen molar-refractivity contribution in [3.63, 3.8) is 0 Å². The molecule has 0 N–H and O–H groups in total. The Kier molecular flexibility index (Phi) is 2.73. The lowest BCUT2D eigenvalue weighted by atomic mass is 9.99. The number of rotatable bonds is 1. The molecule has 2 heterocycles. The summed E-state index contributed by atoms with van der Waals surface area (Å²) < 4.78 is 0. The minimum Gasteiger partial charge on any atom is -0.367 e. The zero-order valence-corrected chi connectivity index (χ0v) is 10.2. The van der Waals surface area contributed by atoms with Crippen molar-refractivity contribution in [3.05, 3.63) is 58.9 Å². The SMILES string of the molecule is Clc1ccc2c(c1)CN(c1ccncc1)CC2. The predicted octanol–water partition coefficient (Wildman–Crippen LogP) is 3.30. The smallest absolute Gasteiger partial charge is 0.0432 e. The molecule has 0 atom stereocenters. The van der Waals surface area contributed by atoms with Crippen LogP contribution in [0, 0.1) is 0 Å². The third-order valence-corrected chi connectivity index (χ3v) is 3.44. The van der Waals surface area contributed by atoms with Gasteiger partial charge in [0.25, 0.3) is 0 Å². The second kappa shape index (κ2) is 4.38. The first kappa shape index (κ1) is 10.6. The van der Waals surface area contributed by atoms with Gasteiger partial charge in [-0.1, -0.05) is 17.7 Å². The molecule has 0 spiro atoms. The molecule has 0 bridgehead atoms. The molecular weight excluding hydrogens is 232 g/mol. The fraction of sp³-hybridized carbons (Fsp3) is 0.214. The van der Waals surface area contributed by atoms with E-state index in [1.807, 2.05) is 18.5 Å². The highest BCUT2D eigenvalue weighted by Gasteiger charge is 2.16. The Bertz CT molecular complexity index is 525. The molecule has 2 nitrogen and oxygen atoms in total. The van der Waals surface area contributed by atoms with E-state index in [2.05, 4.69) is 34.1 Å². The number of hydrogen-bond acceptors (Lipinski definition) is 2. The molecule has 17 heavy (non-hydrogen) atoms. The summed E-state index contributed by atoms with van der Waals surface area (Å²) in [4.78, 5) is 6.41. The lowest BCUT2D eigenvalue weighted by Gasteiger charge is -2.30. The van der Waals surface area contributed by atoms with Gasteiger partial charge in [-0.25, -0.2) is 0 Å². The van der Waals surface area contributed by atoms with E-state index < -0.39 is 0 Å².